The van der Waals surface area contributed by atoms with Crippen LogP contribution < -0.4 is 10.1 Å². The van der Waals surface area contributed by atoms with Crippen molar-refractivity contribution in [3.8, 4) is 5.75 Å². The van der Waals surface area contributed by atoms with Crippen LogP contribution in [0.4, 0.5) is 13.2 Å². The van der Waals surface area contributed by atoms with Crippen LogP contribution in [0.2, 0.25) is 0 Å². The first-order valence-electron chi connectivity index (χ1n) is 10.2. The molecule has 1 aromatic rings. The fourth-order valence-corrected chi connectivity index (χ4v) is 3.82. The molecule has 1 amide bonds. The Bertz CT molecular complexity index is 766. The van der Waals surface area contributed by atoms with Crippen LogP contribution in [0.3, 0.4) is 0 Å². The van der Waals surface area contributed by atoms with Gasteiger partial charge >= 0.3 is 12.1 Å². The zero-order valence-electron chi connectivity index (χ0n) is 18.1. The van der Waals surface area contributed by atoms with Gasteiger partial charge in [0.25, 0.3) is 0 Å². The summed E-state index contributed by atoms with van der Waals surface area (Å²) in [5.74, 6) is -1.95. The molecule has 1 unspecified atom stereocenters. The number of nitrogens with one attached hydrogen (secondary N) is 1. The van der Waals surface area contributed by atoms with E-state index >= 15 is 0 Å². The Kier molecular flexibility index (Phi) is 9.29. The van der Waals surface area contributed by atoms with Crippen molar-refractivity contribution in [1.82, 2.24) is 10.2 Å². The van der Waals surface area contributed by atoms with E-state index in [1.807, 2.05) is 24.3 Å². The molecule has 0 aliphatic carbocycles. The van der Waals surface area contributed by atoms with E-state index in [4.69, 9.17) is 24.1 Å². The molecule has 1 saturated heterocycles. The van der Waals surface area contributed by atoms with E-state index in [9.17, 15) is 18.0 Å². The molecule has 2 aliphatic rings. The van der Waals surface area contributed by atoms with Crippen LogP contribution in [0.1, 0.15) is 30.9 Å². The number of aliphatic carboxylic acids is 1. The third kappa shape index (κ3) is 7.35. The van der Waals surface area contributed by atoms with Gasteiger partial charge in [-0.15, -0.1) is 0 Å². The van der Waals surface area contributed by atoms with Crippen LogP contribution in [0, 0.1) is 0 Å². The number of piperidine rings is 1. The number of ether oxygens (including phenoxy) is 3. The van der Waals surface area contributed by atoms with Gasteiger partial charge in [0.1, 0.15) is 18.0 Å². The van der Waals surface area contributed by atoms with Gasteiger partial charge in [-0.05, 0) is 18.9 Å². The van der Waals surface area contributed by atoms with Crippen LogP contribution in [0.15, 0.2) is 24.3 Å². The summed E-state index contributed by atoms with van der Waals surface area (Å²) in [7, 11) is 3.27. The molecule has 3 rings (SSSR count). The Morgan fingerprint density at radius 3 is 2.41 bits per heavy atom. The third-order valence-corrected chi connectivity index (χ3v) is 5.43. The van der Waals surface area contributed by atoms with Gasteiger partial charge in [0.15, 0.2) is 0 Å². The summed E-state index contributed by atoms with van der Waals surface area (Å²) in [4.78, 5) is 23.4. The van der Waals surface area contributed by atoms with E-state index in [0.717, 1.165) is 56.8 Å². The van der Waals surface area contributed by atoms with Crippen molar-refractivity contribution in [1.29, 1.82) is 0 Å². The number of halogens is 3. The summed E-state index contributed by atoms with van der Waals surface area (Å²) < 4.78 is 48.3. The van der Waals surface area contributed by atoms with Crippen LogP contribution in [-0.2, 0) is 19.1 Å². The average molecular weight is 462 g/mol. The molecule has 1 fully saturated rings. The normalized spacial score (nSPS) is 19.8. The highest BCUT2D eigenvalue weighted by molar-refractivity contribution is 5.78. The van der Waals surface area contributed by atoms with E-state index in [1.165, 1.54) is 7.11 Å². The highest BCUT2D eigenvalue weighted by Gasteiger charge is 2.43. The number of amides is 1. The molecular weight excluding hydrogens is 433 g/mol. The number of nitrogens with zero attached hydrogens (tertiary/aromatic N) is 1. The number of likely N-dealkylation sites (tertiary alicyclic amines) is 1. The van der Waals surface area contributed by atoms with Crippen molar-refractivity contribution in [2.24, 2.45) is 0 Å². The predicted octanol–water partition coefficient (Wildman–Crippen LogP) is 2.39. The summed E-state index contributed by atoms with van der Waals surface area (Å²) in [6.07, 6.45) is -2.36. The lowest BCUT2D eigenvalue weighted by atomic mass is 9.80. The first-order valence-corrected chi connectivity index (χ1v) is 10.2. The third-order valence-electron chi connectivity index (χ3n) is 5.43. The zero-order chi connectivity index (χ0) is 23.8. The zero-order valence-corrected chi connectivity index (χ0v) is 18.1. The molecule has 0 radical (unpaired) electrons. The Morgan fingerprint density at radius 1 is 1.22 bits per heavy atom. The van der Waals surface area contributed by atoms with Gasteiger partial charge < -0.3 is 29.5 Å². The number of fused-ring (bicyclic) bond motifs is 1. The number of alkyl halides is 3. The summed E-state index contributed by atoms with van der Waals surface area (Å²) in [5, 5.41) is 10.2. The van der Waals surface area contributed by atoms with E-state index in [0.29, 0.717) is 0 Å². The fraction of sp³-hybridized carbons (Fsp3) is 0.619. The Labute approximate surface area is 184 Å². The molecule has 180 valence electrons. The molecule has 1 atom stereocenters. The minimum absolute atomic E-state index is 0.0295. The van der Waals surface area contributed by atoms with Gasteiger partial charge in [0, 0.05) is 45.8 Å². The highest BCUT2D eigenvalue weighted by atomic mass is 19.4. The van der Waals surface area contributed by atoms with E-state index in [2.05, 4.69) is 10.2 Å². The molecule has 32 heavy (non-hydrogen) atoms. The maximum atomic E-state index is 12.1. The molecule has 8 nitrogen and oxygen atoms in total. The first kappa shape index (κ1) is 25.9. The van der Waals surface area contributed by atoms with Crippen molar-refractivity contribution >= 4 is 11.9 Å². The summed E-state index contributed by atoms with van der Waals surface area (Å²) in [6, 6.07) is 7.98. The molecule has 0 bridgehead atoms. The second-order valence-corrected chi connectivity index (χ2v) is 7.72. The lowest BCUT2D eigenvalue weighted by Gasteiger charge is -2.47. The van der Waals surface area contributed by atoms with Crippen molar-refractivity contribution in [2.45, 2.75) is 37.1 Å². The topological polar surface area (TPSA) is 97.3 Å². The standard InChI is InChI=1S/C19H28N2O4.C2HF3O2/c1-23-12-11-21-9-7-19(8-10-21)13-16(20-18(22)14-24-2)15-5-3-4-6-17(15)25-19;3-2(4,5)1(6)7/h3-6,16H,7-14H2,1-2H3,(H,20,22);(H,6,7). The maximum Gasteiger partial charge on any atom is 0.490 e. The number of carbonyl (C=O) groups is 2. The van der Waals surface area contributed by atoms with Gasteiger partial charge in [0.2, 0.25) is 5.91 Å². The monoisotopic (exact) mass is 462 g/mol. The molecule has 0 saturated carbocycles. The fourth-order valence-electron chi connectivity index (χ4n) is 3.82. The number of carboxylic acid groups (broad SMARTS) is 1. The largest absolute Gasteiger partial charge is 0.490 e. The quantitative estimate of drug-likeness (QED) is 0.670. The van der Waals surface area contributed by atoms with Crippen molar-refractivity contribution in [2.75, 3.05) is 47.1 Å². The molecule has 2 N–H and O–H groups in total. The maximum absolute atomic E-state index is 12.1. The Morgan fingerprint density at radius 2 is 1.84 bits per heavy atom. The van der Waals surface area contributed by atoms with Gasteiger partial charge in [0.05, 0.1) is 12.6 Å². The molecular formula is C21H29F3N2O6. The first-order chi connectivity index (χ1) is 15.1. The van der Waals surface area contributed by atoms with Crippen molar-refractivity contribution < 1.29 is 42.1 Å². The number of carbonyl (C=O) groups excluding carboxylic acids is 1. The summed E-state index contributed by atoms with van der Waals surface area (Å²) in [6.45, 7) is 3.77. The number of hydrogen-bond acceptors (Lipinski definition) is 6. The van der Waals surface area contributed by atoms with Crippen LogP contribution >= 0.6 is 0 Å². The number of carboxylic acids is 1. The van der Waals surface area contributed by atoms with Crippen molar-refractivity contribution in [3.05, 3.63) is 29.8 Å². The van der Waals surface area contributed by atoms with E-state index < -0.39 is 12.1 Å². The average Bonchev–Trinajstić information content (AvgIpc) is 2.73. The summed E-state index contributed by atoms with van der Waals surface area (Å²) >= 11 is 0. The van der Waals surface area contributed by atoms with Crippen molar-refractivity contribution in [3.63, 3.8) is 0 Å². The van der Waals surface area contributed by atoms with Gasteiger partial charge in [-0.3, -0.25) is 4.79 Å². The van der Waals surface area contributed by atoms with Crippen LogP contribution in [-0.4, -0.2) is 80.7 Å². The smallest absolute Gasteiger partial charge is 0.487 e. The number of rotatable bonds is 6. The Balaban J connectivity index is 0.000000451. The minimum Gasteiger partial charge on any atom is -0.487 e. The number of para-hydroxylation sites is 1. The lowest BCUT2D eigenvalue weighted by Crippen LogP contribution is -2.52. The molecule has 1 spiro atoms. The van der Waals surface area contributed by atoms with Gasteiger partial charge in [-0.25, -0.2) is 4.79 Å². The van der Waals surface area contributed by atoms with Gasteiger partial charge in [-0.2, -0.15) is 13.2 Å². The number of methoxy groups -OCH3 is 2. The molecule has 0 aromatic heterocycles. The van der Waals surface area contributed by atoms with Crippen LogP contribution in [0.25, 0.3) is 0 Å². The molecule has 2 heterocycles. The predicted molar refractivity (Wildman–Crippen MR) is 108 cm³/mol. The SMILES string of the molecule is COCCN1CCC2(CC1)CC(NC(=O)COC)c1ccccc1O2.O=C(O)C(F)(F)F. The van der Waals surface area contributed by atoms with E-state index in [-0.39, 0.29) is 24.2 Å². The summed E-state index contributed by atoms with van der Waals surface area (Å²) in [5.41, 5.74) is 0.850. The van der Waals surface area contributed by atoms with Crippen LogP contribution in [0.5, 0.6) is 5.75 Å². The lowest BCUT2D eigenvalue weighted by molar-refractivity contribution is -0.192. The molecule has 2 aliphatic heterocycles. The molecule has 1 aromatic carbocycles. The molecule has 11 heteroatoms. The Hall–Kier alpha value is -2.37. The highest BCUT2D eigenvalue weighted by Crippen LogP contribution is 2.44. The minimum atomic E-state index is -5.08. The second kappa shape index (κ2) is 11.5. The number of benzene rings is 1. The van der Waals surface area contributed by atoms with Gasteiger partial charge in [-0.1, -0.05) is 18.2 Å². The van der Waals surface area contributed by atoms with E-state index in [1.54, 1.807) is 7.11 Å². The number of hydrogen-bond donors (Lipinski definition) is 2. The second-order valence-electron chi connectivity index (χ2n) is 7.72.